The van der Waals surface area contributed by atoms with Gasteiger partial charge in [0, 0.05) is 18.5 Å². The van der Waals surface area contributed by atoms with Crippen molar-refractivity contribution in [2.45, 2.75) is 45.6 Å². The molecule has 0 amide bonds. The van der Waals surface area contributed by atoms with E-state index in [0.29, 0.717) is 0 Å². The lowest BCUT2D eigenvalue weighted by Gasteiger charge is -2.22. The fourth-order valence-corrected chi connectivity index (χ4v) is 4.13. The van der Waals surface area contributed by atoms with Crippen LogP contribution in [0.5, 0.6) is 0 Å². The standard InChI is InChI=1S/C18H23N5S/c1-2-23-16-9-14-13(8-15(16)22-18(23)24)17(21-11-20-14)19-10-12-6-4-3-5-7-12/h8-9,11-12H,2-7,10H2,1H3,(H,22,24)(H,19,20,21). The molecule has 0 atom stereocenters. The summed E-state index contributed by atoms with van der Waals surface area (Å²) in [5.74, 6) is 1.69. The van der Waals surface area contributed by atoms with Crippen LogP contribution < -0.4 is 5.32 Å². The van der Waals surface area contributed by atoms with Crippen molar-refractivity contribution >= 4 is 40.0 Å². The Hall–Kier alpha value is -1.95. The summed E-state index contributed by atoms with van der Waals surface area (Å²) >= 11 is 5.42. The Bertz CT molecular complexity index is 920. The zero-order valence-corrected chi connectivity index (χ0v) is 14.8. The van der Waals surface area contributed by atoms with Gasteiger partial charge in [-0.05, 0) is 50.0 Å². The van der Waals surface area contributed by atoms with Crippen LogP contribution in [0, 0.1) is 10.7 Å². The summed E-state index contributed by atoms with van der Waals surface area (Å²) in [6.07, 6.45) is 8.41. The monoisotopic (exact) mass is 341 g/mol. The molecular weight excluding hydrogens is 318 g/mol. The molecule has 4 rings (SSSR count). The molecule has 5 nitrogen and oxygen atoms in total. The molecule has 1 saturated carbocycles. The van der Waals surface area contributed by atoms with Gasteiger partial charge >= 0.3 is 0 Å². The lowest BCUT2D eigenvalue weighted by Crippen LogP contribution is -2.17. The Morgan fingerprint density at radius 2 is 2.08 bits per heavy atom. The number of nitrogens with zero attached hydrogens (tertiary/aromatic N) is 3. The number of anilines is 1. The molecule has 126 valence electrons. The molecule has 0 unspecified atom stereocenters. The van der Waals surface area contributed by atoms with Gasteiger partial charge in [-0.25, -0.2) is 9.97 Å². The largest absolute Gasteiger partial charge is 0.369 e. The van der Waals surface area contributed by atoms with E-state index in [0.717, 1.165) is 51.5 Å². The quantitative estimate of drug-likeness (QED) is 0.678. The molecule has 1 fully saturated rings. The number of rotatable bonds is 4. The molecule has 1 aliphatic rings. The first-order valence-electron chi connectivity index (χ1n) is 8.87. The molecule has 0 spiro atoms. The van der Waals surface area contributed by atoms with Crippen molar-refractivity contribution in [3.63, 3.8) is 0 Å². The number of fused-ring (bicyclic) bond motifs is 2. The highest BCUT2D eigenvalue weighted by atomic mass is 32.1. The highest BCUT2D eigenvalue weighted by molar-refractivity contribution is 7.71. The van der Waals surface area contributed by atoms with Crippen LogP contribution in [-0.2, 0) is 6.54 Å². The normalized spacial score (nSPS) is 16.0. The van der Waals surface area contributed by atoms with E-state index in [2.05, 4.69) is 43.9 Å². The van der Waals surface area contributed by atoms with Crippen molar-refractivity contribution in [2.24, 2.45) is 5.92 Å². The van der Waals surface area contributed by atoms with Gasteiger partial charge in [0.15, 0.2) is 4.77 Å². The SMILES string of the molecule is CCn1c(=S)[nH]c2cc3c(NCC4CCCCC4)ncnc3cc21. The van der Waals surface area contributed by atoms with Crippen LogP contribution in [0.15, 0.2) is 18.5 Å². The van der Waals surface area contributed by atoms with Crippen LogP contribution in [0.25, 0.3) is 21.9 Å². The fourth-order valence-electron chi connectivity index (χ4n) is 3.79. The maximum Gasteiger partial charge on any atom is 0.178 e. The Morgan fingerprint density at radius 1 is 1.25 bits per heavy atom. The average molecular weight is 341 g/mol. The summed E-state index contributed by atoms with van der Waals surface area (Å²) in [5.41, 5.74) is 3.11. The third kappa shape index (κ3) is 2.79. The molecule has 0 radical (unpaired) electrons. The van der Waals surface area contributed by atoms with Crippen molar-refractivity contribution < 1.29 is 0 Å². The van der Waals surface area contributed by atoms with E-state index < -0.39 is 0 Å². The summed E-state index contributed by atoms with van der Waals surface area (Å²) < 4.78 is 2.86. The summed E-state index contributed by atoms with van der Waals surface area (Å²) in [7, 11) is 0. The van der Waals surface area contributed by atoms with Crippen molar-refractivity contribution in [3.05, 3.63) is 23.2 Å². The van der Waals surface area contributed by atoms with Crippen molar-refractivity contribution in [3.8, 4) is 0 Å². The first kappa shape index (κ1) is 15.6. The third-order valence-electron chi connectivity index (χ3n) is 5.13. The molecule has 1 aliphatic carbocycles. The third-order valence-corrected chi connectivity index (χ3v) is 5.45. The number of aryl methyl sites for hydroxylation is 1. The van der Waals surface area contributed by atoms with E-state index in [1.54, 1.807) is 6.33 Å². The second kappa shape index (κ2) is 6.51. The highest BCUT2D eigenvalue weighted by Crippen LogP contribution is 2.27. The highest BCUT2D eigenvalue weighted by Gasteiger charge is 2.14. The molecule has 3 aromatic rings. The molecule has 0 bridgehead atoms. The molecule has 0 saturated heterocycles. The Kier molecular flexibility index (Phi) is 4.22. The predicted molar refractivity (Wildman–Crippen MR) is 101 cm³/mol. The van der Waals surface area contributed by atoms with E-state index in [1.807, 2.05) is 0 Å². The summed E-state index contributed by atoms with van der Waals surface area (Å²) in [4.78, 5) is 12.2. The molecule has 6 heteroatoms. The maximum absolute atomic E-state index is 5.42. The average Bonchev–Trinajstić information content (AvgIpc) is 2.93. The smallest absolute Gasteiger partial charge is 0.178 e. The molecule has 1 aromatic carbocycles. The Morgan fingerprint density at radius 3 is 2.88 bits per heavy atom. The van der Waals surface area contributed by atoms with Crippen LogP contribution in [0.2, 0.25) is 0 Å². The van der Waals surface area contributed by atoms with Gasteiger partial charge < -0.3 is 14.9 Å². The van der Waals surface area contributed by atoms with Gasteiger partial charge in [0.1, 0.15) is 12.1 Å². The van der Waals surface area contributed by atoms with Gasteiger partial charge in [-0.3, -0.25) is 0 Å². The van der Waals surface area contributed by atoms with E-state index in [-0.39, 0.29) is 0 Å². The number of aromatic amines is 1. The minimum Gasteiger partial charge on any atom is -0.369 e. The van der Waals surface area contributed by atoms with Crippen molar-refractivity contribution in [1.29, 1.82) is 0 Å². The molecule has 2 aromatic heterocycles. The van der Waals surface area contributed by atoms with E-state index in [4.69, 9.17) is 12.2 Å². The van der Waals surface area contributed by atoms with E-state index in [9.17, 15) is 0 Å². The molecular formula is C18H23N5S. The van der Waals surface area contributed by atoms with Crippen molar-refractivity contribution in [2.75, 3.05) is 11.9 Å². The van der Waals surface area contributed by atoms with Gasteiger partial charge in [-0.1, -0.05) is 19.3 Å². The topological polar surface area (TPSA) is 58.5 Å². The number of H-pyrrole nitrogens is 1. The van der Waals surface area contributed by atoms with Crippen LogP contribution >= 0.6 is 12.2 Å². The Labute approximate surface area is 146 Å². The Balaban J connectivity index is 1.70. The van der Waals surface area contributed by atoms with Crippen molar-refractivity contribution in [1.82, 2.24) is 19.5 Å². The second-order valence-corrected chi connectivity index (χ2v) is 7.05. The van der Waals surface area contributed by atoms with Gasteiger partial charge in [0.05, 0.1) is 16.6 Å². The zero-order chi connectivity index (χ0) is 16.5. The molecule has 24 heavy (non-hydrogen) atoms. The molecule has 0 aliphatic heterocycles. The number of hydrogen-bond acceptors (Lipinski definition) is 4. The van der Waals surface area contributed by atoms with Crippen LogP contribution in [0.4, 0.5) is 5.82 Å². The van der Waals surface area contributed by atoms with Crippen LogP contribution in [0.3, 0.4) is 0 Å². The number of nitrogens with one attached hydrogen (secondary N) is 2. The summed E-state index contributed by atoms with van der Waals surface area (Å²) in [6, 6.07) is 4.23. The second-order valence-electron chi connectivity index (χ2n) is 6.67. The zero-order valence-electron chi connectivity index (χ0n) is 14.0. The lowest BCUT2D eigenvalue weighted by atomic mass is 9.89. The fraction of sp³-hybridized carbons (Fsp3) is 0.500. The molecule has 2 heterocycles. The van der Waals surface area contributed by atoms with Gasteiger partial charge in [-0.2, -0.15) is 0 Å². The number of imidazole rings is 1. The van der Waals surface area contributed by atoms with E-state index in [1.165, 1.54) is 32.1 Å². The lowest BCUT2D eigenvalue weighted by molar-refractivity contribution is 0.373. The number of benzene rings is 1. The number of hydrogen-bond donors (Lipinski definition) is 2. The summed E-state index contributed by atoms with van der Waals surface area (Å²) in [6.45, 7) is 3.95. The van der Waals surface area contributed by atoms with Gasteiger partial charge in [0.25, 0.3) is 0 Å². The van der Waals surface area contributed by atoms with Crippen LogP contribution in [-0.4, -0.2) is 26.1 Å². The van der Waals surface area contributed by atoms with Gasteiger partial charge in [0.2, 0.25) is 0 Å². The molecule has 2 N–H and O–H groups in total. The summed E-state index contributed by atoms with van der Waals surface area (Å²) in [5, 5.41) is 4.62. The number of aromatic nitrogens is 4. The first-order chi connectivity index (χ1) is 11.8. The first-order valence-corrected chi connectivity index (χ1v) is 9.28. The maximum atomic E-state index is 5.42. The van der Waals surface area contributed by atoms with Crippen LogP contribution in [0.1, 0.15) is 39.0 Å². The minimum atomic E-state index is 0.757. The van der Waals surface area contributed by atoms with E-state index >= 15 is 0 Å². The van der Waals surface area contributed by atoms with Gasteiger partial charge in [-0.15, -0.1) is 0 Å². The predicted octanol–water partition coefficient (Wildman–Crippen LogP) is 4.65. The minimum absolute atomic E-state index is 0.757.